The van der Waals surface area contributed by atoms with E-state index >= 15 is 0 Å². The molecule has 96 valence electrons. The third kappa shape index (κ3) is 5.00. The van der Waals surface area contributed by atoms with Crippen LogP contribution in [0.15, 0.2) is 22.7 Å². The highest BCUT2D eigenvalue weighted by molar-refractivity contribution is 9.10. The molecule has 4 nitrogen and oxygen atoms in total. The van der Waals surface area contributed by atoms with Crippen molar-refractivity contribution in [1.82, 2.24) is 5.32 Å². The standard InChI is InChI=1S/C12H14BrN3OS/c1-17-6-2-5-15-12(18)16-11-4-3-9(8-14)7-10(11)13/h3-4,7H,2,5-6H2,1H3,(H2,15,16,18). The van der Waals surface area contributed by atoms with Gasteiger partial charge in [0, 0.05) is 24.7 Å². The molecule has 0 radical (unpaired) electrons. The monoisotopic (exact) mass is 327 g/mol. The summed E-state index contributed by atoms with van der Waals surface area (Å²) in [6.45, 7) is 1.46. The van der Waals surface area contributed by atoms with Gasteiger partial charge in [0.2, 0.25) is 0 Å². The summed E-state index contributed by atoms with van der Waals surface area (Å²) in [7, 11) is 1.67. The van der Waals surface area contributed by atoms with E-state index in [1.807, 2.05) is 6.07 Å². The molecule has 0 spiro atoms. The van der Waals surface area contributed by atoms with Gasteiger partial charge in [-0.3, -0.25) is 0 Å². The first-order valence-corrected chi connectivity index (χ1v) is 6.61. The maximum atomic E-state index is 8.76. The first-order valence-electron chi connectivity index (χ1n) is 5.41. The summed E-state index contributed by atoms with van der Waals surface area (Å²) in [5, 5.41) is 15.5. The van der Waals surface area contributed by atoms with Gasteiger partial charge in [-0.1, -0.05) is 0 Å². The van der Waals surface area contributed by atoms with E-state index in [9.17, 15) is 0 Å². The number of rotatable bonds is 5. The minimum absolute atomic E-state index is 0.552. The lowest BCUT2D eigenvalue weighted by molar-refractivity contribution is 0.196. The molecular weight excluding hydrogens is 314 g/mol. The van der Waals surface area contributed by atoms with Gasteiger partial charge in [-0.05, 0) is 52.8 Å². The number of nitriles is 1. The first-order chi connectivity index (χ1) is 8.67. The van der Waals surface area contributed by atoms with E-state index in [0.29, 0.717) is 17.3 Å². The van der Waals surface area contributed by atoms with Crippen LogP contribution in [0.3, 0.4) is 0 Å². The zero-order valence-corrected chi connectivity index (χ0v) is 12.4. The van der Waals surface area contributed by atoms with Crippen LogP contribution in [0.2, 0.25) is 0 Å². The molecule has 0 saturated heterocycles. The molecule has 0 aliphatic carbocycles. The van der Waals surface area contributed by atoms with Gasteiger partial charge in [-0.2, -0.15) is 5.26 Å². The predicted octanol–water partition coefficient (Wildman–Crippen LogP) is 2.64. The molecule has 0 fully saturated rings. The van der Waals surface area contributed by atoms with Crippen LogP contribution in [0.5, 0.6) is 0 Å². The van der Waals surface area contributed by atoms with Crippen molar-refractivity contribution >= 4 is 38.9 Å². The van der Waals surface area contributed by atoms with E-state index in [1.54, 1.807) is 19.2 Å². The lowest BCUT2D eigenvalue weighted by atomic mass is 10.2. The Bertz CT molecular complexity index is 459. The SMILES string of the molecule is COCCCNC(=S)Nc1ccc(C#N)cc1Br. The number of thiocarbonyl (C=S) groups is 1. The highest BCUT2D eigenvalue weighted by atomic mass is 79.9. The van der Waals surface area contributed by atoms with Gasteiger partial charge in [-0.25, -0.2) is 0 Å². The van der Waals surface area contributed by atoms with E-state index in [-0.39, 0.29) is 0 Å². The Morgan fingerprint density at radius 1 is 1.56 bits per heavy atom. The quantitative estimate of drug-likeness (QED) is 0.643. The Labute approximate surface area is 120 Å². The summed E-state index contributed by atoms with van der Waals surface area (Å²) < 4.78 is 5.75. The first kappa shape index (κ1) is 14.9. The second-order valence-corrected chi connectivity index (χ2v) is 4.80. The maximum Gasteiger partial charge on any atom is 0.170 e. The lowest BCUT2D eigenvalue weighted by Gasteiger charge is -2.11. The van der Waals surface area contributed by atoms with Crippen molar-refractivity contribution in [2.75, 3.05) is 25.6 Å². The van der Waals surface area contributed by atoms with E-state index in [2.05, 4.69) is 32.6 Å². The summed E-state index contributed by atoms with van der Waals surface area (Å²) >= 11 is 8.55. The average Bonchev–Trinajstić information content (AvgIpc) is 2.37. The van der Waals surface area contributed by atoms with Crippen molar-refractivity contribution in [3.8, 4) is 6.07 Å². The molecule has 1 rings (SSSR count). The Morgan fingerprint density at radius 3 is 2.94 bits per heavy atom. The van der Waals surface area contributed by atoms with Crippen molar-refractivity contribution in [2.45, 2.75) is 6.42 Å². The second-order valence-electron chi connectivity index (χ2n) is 3.53. The summed E-state index contributed by atoms with van der Waals surface area (Å²) in [5.74, 6) is 0. The topological polar surface area (TPSA) is 57.1 Å². The van der Waals surface area contributed by atoms with Crippen LogP contribution < -0.4 is 10.6 Å². The summed E-state index contributed by atoms with van der Waals surface area (Å²) in [5.41, 5.74) is 1.43. The molecule has 2 N–H and O–H groups in total. The molecule has 0 unspecified atom stereocenters. The normalized spacial score (nSPS) is 9.61. The molecule has 18 heavy (non-hydrogen) atoms. The minimum atomic E-state index is 0.552. The Morgan fingerprint density at radius 2 is 2.33 bits per heavy atom. The van der Waals surface area contributed by atoms with Gasteiger partial charge >= 0.3 is 0 Å². The molecule has 1 aromatic carbocycles. The van der Waals surface area contributed by atoms with Gasteiger partial charge in [0.15, 0.2) is 5.11 Å². The van der Waals surface area contributed by atoms with Crippen LogP contribution in [-0.2, 0) is 4.74 Å². The fourth-order valence-corrected chi connectivity index (χ4v) is 1.96. The fourth-order valence-electron chi connectivity index (χ4n) is 1.27. The molecule has 0 atom stereocenters. The predicted molar refractivity (Wildman–Crippen MR) is 79.6 cm³/mol. The molecule has 0 amide bonds. The second kappa shape index (κ2) is 8.03. The number of benzene rings is 1. The van der Waals surface area contributed by atoms with Crippen LogP contribution in [0, 0.1) is 11.3 Å². The number of hydrogen-bond donors (Lipinski definition) is 2. The molecule has 1 aromatic rings. The van der Waals surface area contributed by atoms with Crippen molar-refractivity contribution in [2.24, 2.45) is 0 Å². The van der Waals surface area contributed by atoms with E-state index in [1.165, 1.54) is 0 Å². The molecular formula is C12H14BrN3OS. The van der Waals surface area contributed by atoms with Crippen LogP contribution in [0.25, 0.3) is 0 Å². The smallest absolute Gasteiger partial charge is 0.170 e. The van der Waals surface area contributed by atoms with Gasteiger partial charge in [0.1, 0.15) is 0 Å². The lowest BCUT2D eigenvalue weighted by Crippen LogP contribution is -2.29. The Kier molecular flexibility index (Phi) is 6.65. The van der Waals surface area contributed by atoms with Crippen LogP contribution in [0.4, 0.5) is 5.69 Å². The Hall–Kier alpha value is -1.16. The highest BCUT2D eigenvalue weighted by Gasteiger charge is 2.03. The molecule has 0 bridgehead atoms. The molecule has 0 heterocycles. The zero-order valence-electron chi connectivity index (χ0n) is 10.00. The van der Waals surface area contributed by atoms with Crippen LogP contribution in [0.1, 0.15) is 12.0 Å². The third-order valence-corrected chi connectivity index (χ3v) is 3.06. The summed E-state index contributed by atoms with van der Waals surface area (Å²) in [6, 6.07) is 7.37. The zero-order chi connectivity index (χ0) is 13.4. The van der Waals surface area contributed by atoms with Crippen LogP contribution >= 0.6 is 28.1 Å². The minimum Gasteiger partial charge on any atom is -0.385 e. The van der Waals surface area contributed by atoms with Crippen molar-refractivity contribution in [3.05, 3.63) is 28.2 Å². The average molecular weight is 328 g/mol. The molecule has 0 aliphatic rings. The van der Waals surface area contributed by atoms with Crippen LogP contribution in [-0.4, -0.2) is 25.4 Å². The third-order valence-electron chi connectivity index (χ3n) is 2.16. The number of nitrogens with zero attached hydrogens (tertiary/aromatic N) is 1. The molecule has 0 aromatic heterocycles. The molecule has 0 saturated carbocycles. The number of hydrogen-bond acceptors (Lipinski definition) is 3. The molecule has 6 heteroatoms. The molecule has 0 aliphatic heterocycles. The number of nitrogens with one attached hydrogen (secondary N) is 2. The highest BCUT2D eigenvalue weighted by Crippen LogP contribution is 2.23. The van der Waals surface area contributed by atoms with Gasteiger partial charge in [0.05, 0.1) is 17.3 Å². The van der Waals surface area contributed by atoms with Crippen molar-refractivity contribution in [1.29, 1.82) is 5.26 Å². The number of methoxy groups -OCH3 is 1. The number of anilines is 1. The van der Waals surface area contributed by atoms with Crippen molar-refractivity contribution in [3.63, 3.8) is 0 Å². The number of halogens is 1. The number of ether oxygens (including phenoxy) is 1. The van der Waals surface area contributed by atoms with Gasteiger partial charge in [0.25, 0.3) is 0 Å². The summed E-state index contributed by atoms with van der Waals surface area (Å²) in [4.78, 5) is 0. The maximum absolute atomic E-state index is 8.76. The van der Waals surface area contributed by atoms with Crippen molar-refractivity contribution < 1.29 is 4.74 Å². The fraction of sp³-hybridized carbons (Fsp3) is 0.333. The van der Waals surface area contributed by atoms with E-state index in [0.717, 1.165) is 23.1 Å². The van der Waals surface area contributed by atoms with Gasteiger partial charge < -0.3 is 15.4 Å². The van der Waals surface area contributed by atoms with Gasteiger partial charge in [-0.15, -0.1) is 0 Å². The van der Waals surface area contributed by atoms with E-state index < -0.39 is 0 Å². The summed E-state index contributed by atoms with van der Waals surface area (Å²) in [6.07, 6.45) is 0.896. The van der Waals surface area contributed by atoms with E-state index in [4.69, 9.17) is 22.2 Å². The Balaban J connectivity index is 2.47. The largest absolute Gasteiger partial charge is 0.385 e.